The number of pyridine rings is 1. The van der Waals surface area contributed by atoms with Crippen molar-refractivity contribution in [3.63, 3.8) is 0 Å². The summed E-state index contributed by atoms with van der Waals surface area (Å²) in [6.45, 7) is 4.52. The van der Waals surface area contributed by atoms with Crippen LogP contribution >= 0.6 is 0 Å². The van der Waals surface area contributed by atoms with Gasteiger partial charge in [0.15, 0.2) is 0 Å². The van der Waals surface area contributed by atoms with Gasteiger partial charge in [-0.2, -0.15) is 0 Å². The lowest BCUT2D eigenvalue weighted by atomic mass is 9.96. The summed E-state index contributed by atoms with van der Waals surface area (Å²) in [5.41, 5.74) is -0.308. The standard InChI is InChI=1S/C12H16FNO2/c1-8(2)9-5-10(13)11(14-6-9)12(15)3-4-16-7-12/h5-6,8,15H,3-4,7H2,1-2H3. The predicted octanol–water partition coefficient (Wildman–Crippen LogP) is 1.95. The largest absolute Gasteiger partial charge is 0.381 e. The second kappa shape index (κ2) is 4.11. The van der Waals surface area contributed by atoms with Crippen molar-refractivity contribution in [3.8, 4) is 0 Å². The number of hydrogen-bond acceptors (Lipinski definition) is 3. The summed E-state index contributed by atoms with van der Waals surface area (Å²) in [5.74, 6) is -0.218. The summed E-state index contributed by atoms with van der Waals surface area (Å²) in [7, 11) is 0. The van der Waals surface area contributed by atoms with Crippen LogP contribution in [0.4, 0.5) is 4.39 Å². The van der Waals surface area contributed by atoms with Crippen LogP contribution in [0, 0.1) is 5.82 Å². The van der Waals surface area contributed by atoms with Gasteiger partial charge < -0.3 is 9.84 Å². The Morgan fingerprint density at radius 1 is 1.56 bits per heavy atom. The molecule has 0 saturated carbocycles. The molecule has 1 aromatic heterocycles. The average Bonchev–Trinajstić information content (AvgIpc) is 2.65. The molecule has 0 radical (unpaired) electrons. The maximum absolute atomic E-state index is 13.8. The SMILES string of the molecule is CC(C)c1cnc(C2(O)CCOC2)c(F)c1. The Balaban J connectivity index is 2.35. The molecule has 1 N–H and O–H groups in total. The van der Waals surface area contributed by atoms with Crippen LogP contribution in [0.15, 0.2) is 12.3 Å². The van der Waals surface area contributed by atoms with E-state index < -0.39 is 11.4 Å². The highest BCUT2D eigenvalue weighted by Gasteiger charge is 2.38. The van der Waals surface area contributed by atoms with E-state index in [1.54, 1.807) is 6.20 Å². The molecule has 2 rings (SSSR count). The van der Waals surface area contributed by atoms with Crippen molar-refractivity contribution in [1.29, 1.82) is 0 Å². The zero-order valence-corrected chi connectivity index (χ0v) is 9.53. The van der Waals surface area contributed by atoms with Gasteiger partial charge in [0.1, 0.15) is 17.1 Å². The molecule has 1 unspecified atom stereocenters. The van der Waals surface area contributed by atoms with Gasteiger partial charge in [-0.25, -0.2) is 4.39 Å². The normalized spacial score (nSPS) is 25.3. The number of ether oxygens (including phenoxy) is 1. The predicted molar refractivity (Wildman–Crippen MR) is 57.6 cm³/mol. The first-order valence-corrected chi connectivity index (χ1v) is 5.49. The van der Waals surface area contributed by atoms with E-state index in [0.29, 0.717) is 13.0 Å². The molecule has 0 aliphatic carbocycles. The highest BCUT2D eigenvalue weighted by Crippen LogP contribution is 2.31. The molecule has 4 heteroatoms. The molecule has 16 heavy (non-hydrogen) atoms. The first-order chi connectivity index (χ1) is 7.53. The maximum Gasteiger partial charge on any atom is 0.148 e. The fraction of sp³-hybridized carbons (Fsp3) is 0.583. The van der Waals surface area contributed by atoms with Gasteiger partial charge in [-0.05, 0) is 17.5 Å². The van der Waals surface area contributed by atoms with Crippen LogP contribution in [-0.4, -0.2) is 23.3 Å². The van der Waals surface area contributed by atoms with E-state index in [1.165, 1.54) is 6.07 Å². The minimum Gasteiger partial charge on any atom is -0.381 e. The lowest BCUT2D eigenvalue weighted by Gasteiger charge is -2.20. The topological polar surface area (TPSA) is 42.4 Å². The Kier molecular flexibility index (Phi) is 2.95. The Labute approximate surface area is 94.3 Å². The fourth-order valence-electron chi connectivity index (χ4n) is 1.85. The quantitative estimate of drug-likeness (QED) is 0.836. The zero-order chi connectivity index (χ0) is 11.8. The van der Waals surface area contributed by atoms with Crippen molar-refractivity contribution < 1.29 is 14.2 Å². The average molecular weight is 225 g/mol. The summed E-state index contributed by atoms with van der Waals surface area (Å²) in [6, 6.07) is 1.45. The summed E-state index contributed by atoms with van der Waals surface area (Å²) in [4.78, 5) is 4.05. The van der Waals surface area contributed by atoms with Crippen LogP contribution in [0.2, 0.25) is 0 Å². The molecule has 1 saturated heterocycles. The first-order valence-electron chi connectivity index (χ1n) is 5.49. The highest BCUT2D eigenvalue weighted by atomic mass is 19.1. The molecule has 0 bridgehead atoms. The fourth-order valence-corrected chi connectivity index (χ4v) is 1.85. The number of nitrogens with zero attached hydrogens (tertiary/aromatic N) is 1. The van der Waals surface area contributed by atoms with Gasteiger partial charge in [0.2, 0.25) is 0 Å². The maximum atomic E-state index is 13.8. The van der Waals surface area contributed by atoms with Crippen molar-refractivity contribution in [2.45, 2.75) is 31.8 Å². The molecule has 1 fully saturated rings. The van der Waals surface area contributed by atoms with Crippen molar-refractivity contribution >= 4 is 0 Å². The van der Waals surface area contributed by atoms with Crippen molar-refractivity contribution in [2.24, 2.45) is 0 Å². The highest BCUT2D eigenvalue weighted by molar-refractivity contribution is 5.23. The van der Waals surface area contributed by atoms with Crippen LogP contribution < -0.4 is 0 Å². The molecule has 0 amide bonds. The minimum absolute atomic E-state index is 0.106. The Morgan fingerprint density at radius 3 is 2.81 bits per heavy atom. The van der Waals surface area contributed by atoms with E-state index in [4.69, 9.17) is 4.74 Å². The third-order valence-corrected chi connectivity index (χ3v) is 2.97. The molecule has 1 aromatic rings. The van der Waals surface area contributed by atoms with Crippen molar-refractivity contribution in [3.05, 3.63) is 29.3 Å². The molecule has 1 aliphatic heterocycles. The Bertz CT molecular complexity index is 387. The summed E-state index contributed by atoms with van der Waals surface area (Å²) in [5, 5.41) is 10.1. The van der Waals surface area contributed by atoms with Crippen LogP contribution in [0.3, 0.4) is 0 Å². The van der Waals surface area contributed by atoms with E-state index >= 15 is 0 Å². The monoisotopic (exact) mass is 225 g/mol. The summed E-state index contributed by atoms with van der Waals surface area (Å²) in [6.07, 6.45) is 2.03. The number of hydrogen-bond donors (Lipinski definition) is 1. The molecular weight excluding hydrogens is 209 g/mol. The third kappa shape index (κ3) is 1.95. The molecule has 2 heterocycles. The molecule has 0 spiro atoms. The van der Waals surface area contributed by atoms with E-state index in [0.717, 1.165) is 5.56 Å². The van der Waals surface area contributed by atoms with Gasteiger partial charge in [0.25, 0.3) is 0 Å². The summed E-state index contributed by atoms with van der Waals surface area (Å²) >= 11 is 0. The molecular formula is C12H16FNO2. The second-order valence-corrected chi connectivity index (χ2v) is 4.59. The van der Waals surface area contributed by atoms with Gasteiger partial charge in [-0.3, -0.25) is 4.98 Å². The van der Waals surface area contributed by atoms with Gasteiger partial charge in [0, 0.05) is 19.2 Å². The van der Waals surface area contributed by atoms with E-state index in [2.05, 4.69) is 4.98 Å². The molecule has 0 aromatic carbocycles. The van der Waals surface area contributed by atoms with E-state index in [-0.39, 0.29) is 18.2 Å². The van der Waals surface area contributed by atoms with Crippen LogP contribution in [0.25, 0.3) is 0 Å². The van der Waals surface area contributed by atoms with Crippen LogP contribution in [0.5, 0.6) is 0 Å². The smallest absolute Gasteiger partial charge is 0.148 e. The lowest BCUT2D eigenvalue weighted by molar-refractivity contribution is 0.0161. The minimum atomic E-state index is -1.25. The van der Waals surface area contributed by atoms with Crippen LogP contribution in [0.1, 0.15) is 37.4 Å². The van der Waals surface area contributed by atoms with Gasteiger partial charge in [-0.1, -0.05) is 13.8 Å². The molecule has 3 nitrogen and oxygen atoms in total. The Morgan fingerprint density at radius 2 is 2.31 bits per heavy atom. The van der Waals surface area contributed by atoms with Crippen molar-refractivity contribution in [2.75, 3.05) is 13.2 Å². The number of aromatic nitrogens is 1. The van der Waals surface area contributed by atoms with Crippen LogP contribution in [-0.2, 0) is 10.3 Å². The van der Waals surface area contributed by atoms with E-state index in [9.17, 15) is 9.50 Å². The number of halogens is 1. The van der Waals surface area contributed by atoms with E-state index in [1.807, 2.05) is 13.8 Å². The third-order valence-electron chi connectivity index (χ3n) is 2.97. The van der Waals surface area contributed by atoms with Gasteiger partial charge >= 0.3 is 0 Å². The Hall–Kier alpha value is -1.00. The first kappa shape index (κ1) is 11.5. The number of rotatable bonds is 2. The van der Waals surface area contributed by atoms with Crippen molar-refractivity contribution in [1.82, 2.24) is 4.98 Å². The molecule has 1 aliphatic rings. The molecule has 88 valence electrons. The molecule has 1 atom stereocenters. The van der Waals surface area contributed by atoms with Gasteiger partial charge in [-0.15, -0.1) is 0 Å². The zero-order valence-electron chi connectivity index (χ0n) is 9.53. The van der Waals surface area contributed by atoms with Gasteiger partial charge in [0.05, 0.1) is 6.61 Å². The summed E-state index contributed by atoms with van der Waals surface area (Å²) < 4.78 is 18.9. The lowest BCUT2D eigenvalue weighted by Crippen LogP contribution is -2.28. The second-order valence-electron chi connectivity index (χ2n) is 4.59. The number of aliphatic hydroxyl groups is 1.